The van der Waals surface area contributed by atoms with E-state index in [9.17, 15) is 14.7 Å². The highest BCUT2D eigenvalue weighted by atomic mass is 32.2. The molecule has 4 atom stereocenters. The molecule has 1 N–H and O–H groups in total. The molecule has 2 aromatic rings. The number of carbonyl (C=O) groups is 2. The number of esters is 2. The van der Waals surface area contributed by atoms with Crippen molar-refractivity contribution < 1.29 is 24.2 Å². The Morgan fingerprint density at radius 3 is 2.32 bits per heavy atom. The van der Waals surface area contributed by atoms with Gasteiger partial charge in [-0.25, -0.2) is 4.79 Å². The lowest BCUT2D eigenvalue weighted by Crippen LogP contribution is -2.47. The van der Waals surface area contributed by atoms with Crippen LogP contribution in [0.4, 0.5) is 0 Å². The first-order valence-corrected chi connectivity index (χ1v) is 13.1. The Balaban J connectivity index is 1.73. The van der Waals surface area contributed by atoms with Crippen LogP contribution in [-0.2, 0) is 25.7 Å². The van der Waals surface area contributed by atoms with Gasteiger partial charge in [0.25, 0.3) is 0 Å². The molecule has 0 radical (unpaired) electrons. The summed E-state index contributed by atoms with van der Waals surface area (Å²) in [6.45, 7) is 4.03. The van der Waals surface area contributed by atoms with Crippen LogP contribution in [0.3, 0.4) is 0 Å². The maximum atomic E-state index is 13.1. The van der Waals surface area contributed by atoms with Crippen molar-refractivity contribution in [3.63, 3.8) is 0 Å². The minimum Gasteiger partial charge on any atom is -0.461 e. The van der Waals surface area contributed by atoms with Crippen LogP contribution in [0, 0.1) is 5.92 Å². The third-order valence-electron chi connectivity index (χ3n) is 6.42. The number of benzene rings is 2. The molecule has 6 heteroatoms. The first-order chi connectivity index (χ1) is 16.5. The van der Waals surface area contributed by atoms with E-state index in [0.717, 1.165) is 29.7 Å². The highest BCUT2D eigenvalue weighted by Gasteiger charge is 2.59. The smallest absolute Gasteiger partial charge is 0.335 e. The molecular formula is C28H36O5S. The van der Waals surface area contributed by atoms with Crippen LogP contribution in [0.1, 0.15) is 64.4 Å². The lowest BCUT2D eigenvalue weighted by atomic mass is 9.83. The second-order valence-electron chi connectivity index (χ2n) is 9.09. The summed E-state index contributed by atoms with van der Waals surface area (Å²) in [4.78, 5) is 26.9. The van der Waals surface area contributed by atoms with Crippen LogP contribution in [-0.4, -0.2) is 34.0 Å². The molecule has 1 heterocycles. The largest absolute Gasteiger partial charge is 0.461 e. The topological polar surface area (TPSA) is 72.8 Å². The van der Waals surface area contributed by atoms with Crippen molar-refractivity contribution >= 4 is 23.7 Å². The van der Waals surface area contributed by atoms with E-state index >= 15 is 0 Å². The van der Waals surface area contributed by atoms with Crippen LogP contribution >= 0.6 is 11.8 Å². The number of ether oxygens (including phenoxy) is 2. The summed E-state index contributed by atoms with van der Waals surface area (Å²) in [5.74, 6) is -1.82. The quantitative estimate of drug-likeness (QED) is 0.280. The number of carbonyl (C=O) groups excluding carboxylic acids is 2. The average molecular weight is 485 g/mol. The molecule has 184 valence electrons. The number of unbranched alkanes of at least 4 members (excludes halogenated alkanes) is 5. The van der Waals surface area contributed by atoms with Gasteiger partial charge in [0.1, 0.15) is 17.5 Å². The van der Waals surface area contributed by atoms with E-state index in [4.69, 9.17) is 9.47 Å². The fourth-order valence-corrected chi connectivity index (χ4v) is 5.82. The summed E-state index contributed by atoms with van der Waals surface area (Å²) < 4.78 is 10.1. The van der Waals surface area contributed by atoms with Crippen molar-refractivity contribution in [1.82, 2.24) is 0 Å². The van der Waals surface area contributed by atoms with Gasteiger partial charge < -0.3 is 14.6 Å². The molecule has 0 unspecified atom stereocenters. The molecule has 0 bridgehead atoms. The molecule has 0 aromatic heterocycles. The Morgan fingerprint density at radius 2 is 1.65 bits per heavy atom. The molecule has 5 nitrogen and oxygen atoms in total. The zero-order chi connectivity index (χ0) is 24.4. The van der Waals surface area contributed by atoms with E-state index in [0.29, 0.717) is 6.42 Å². The Hall–Kier alpha value is -2.31. The van der Waals surface area contributed by atoms with Crippen LogP contribution in [0.5, 0.6) is 0 Å². The van der Waals surface area contributed by atoms with Gasteiger partial charge in [-0.05, 0) is 37.5 Å². The van der Waals surface area contributed by atoms with E-state index in [1.54, 1.807) is 6.92 Å². The van der Waals surface area contributed by atoms with E-state index in [-0.39, 0.29) is 6.61 Å². The maximum absolute atomic E-state index is 13.1. The first kappa shape index (κ1) is 26.3. The molecule has 0 amide bonds. The third kappa shape index (κ3) is 6.86. The SMILES string of the molecule is CCCCCCCC[C@@H]1OC(=O)[C@@](C)(Sc2ccccc2)[C@H]1[C@@H](O)C(=O)OCc1ccccc1. The Bertz CT molecular complexity index is 904. The molecule has 1 aliphatic heterocycles. The molecule has 2 aromatic carbocycles. The van der Waals surface area contributed by atoms with E-state index < -0.39 is 34.8 Å². The van der Waals surface area contributed by atoms with Crippen LogP contribution in [0.15, 0.2) is 65.6 Å². The fraction of sp³-hybridized carbons (Fsp3) is 0.500. The first-order valence-electron chi connectivity index (χ1n) is 12.3. The predicted octanol–water partition coefficient (Wildman–Crippen LogP) is 5.93. The highest BCUT2D eigenvalue weighted by molar-refractivity contribution is 8.01. The van der Waals surface area contributed by atoms with E-state index in [2.05, 4.69) is 6.92 Å². The van der Waals surface area contributed by atoms with Crippen molar-refractivity contribution in [2.45, 2.75) is 87.3 Å². The summed E-state index contributed by atoms with van der Waals surface area (Å²) in [6.07, 6.45) is 5.30. The van der Waals surface area contributed by atoms with Gasteiger partial charge in [-0.2, -0.15) is 0 Å². The molecule has 0 spiro atoms. The summed E-state index contributed by atoms with van der Waals surface area (Å²) >= 11 is 1.34. The van der Waals surface area contributed by atoms with Crippen molar-refractivity contribution in [2.75, 3.05) is 0 Å². The molecule has 0 saturated carbocycles. The number of cyclic esters (lactones) is 1. The number of rotatable bonds is 13. The van der Waals surface area contributed by atoms with Gasteiger partial charge in [-0.3, -0.25) is 4.79 Å². The van der Waals surface area contributed by atoms with Crippen molar-refractivity contribution in [1.29, 1.82) is 0 Å². The minimum atomic E-state index is -1.46. The van der Waals surface area contributed by atoms with Crippen molar-refractivity contribution in [3.8, 4) is 0 Å². The highest BCUT2D eigenvalue weighted by Crippen LogP contribution is 2.49. The van der Waals surface area contributed by atoms with Gasteiger partial charge in [0.2, 0.25) is 0 Å². The molecule has 0 aliphatic carbocycles. The van der Waals surface area contributed by atoms with E-state index in [1.807, 2.05) is 60.7 Å². The maximum Gasteiger partial charge on any atom is 0.335 e. The molecule has 1 saturated heterocycles. The Labute approximate surface area is 207 Å². The predicted molar refractivity (Wildman–Crippen MR) is 134 cm³/mol. The molecule has 1 aliphatic rings. The standard InChI is InChI=1S/C28H36O5S/c1-3-4-5-6-7-14-19-23-24(25(29)26(30)32-20-21-15-10-8-11-16-21)28(2,27(31)33-23)34-22-17-12-9-13-18-22/h8-13,15-18,23-25,29H,3-7,14,19-20H2,1-2H3/t23-,24+,25+,28-/m0/s1. The van der Waals surface area contributed by atoms with E-state index in [1.165, 1.54) is 31.0 Å². The monoisotopic (exact) mass is 484 g/mol. The molecule has 3 rings (SSSR count). The zero-order valence-electron chi connectivity index (χ0n) is 20.2. The second kappa shape index (κ2) is 13.0. The Morgan fingerprint density at radius 1 is 1.03 bits per heavy atom. The van der Waals surface area contributed by atoms with Gasteiger partial charge in [0.15, 0.2) is 6.10 Å². The number of hydrogen-bond donors (Lipinski definition) is 1. The van der Waals surface area contributed by atoms with Crippen LogP contribution in [0.25, 0.3) is 0 Å². The second-order valence-corrected chi connectivity index (χ2v) is 10.6. The molecule has 1 fully saturated rings. The lowest BCUT2D eigenvalue weighted by molar-refractivity contribution is -0.160. The lowest BCUT2D eigenvalue weighted by Gasteiger charge is -2.31. The zero-order valence-corrected chi connectivity index (χ0v) is 21.0. The Kier molecular flexibility index (Phi) is 10.0. The summed E-state index contributed by atoms with van der Waals surface area (Å²) in [7, 11) is 0. The van der Waals surface area contributed by atoms with Gasteiger partial charge in [-0.15, -0.1) is 11.8 Å². The summed E-state index contributed by atoms with van der Waals surface area (Å²) in [6, 6.07) is 18.9. The number of thioether (sulfide) groups is 1. The number of hydrogen-bond acceptors (Lipinski definition) is 6. The third-order valence-corrected chi connectivity index (χ3v) is 7.79. The van der Waals surface area contributed by atoms with Gasteiger partial charge in [-0.1, -0.05) is 87.6 Å². The van der Waals surface area contributed by atoms with Gasteiger partial charge in [0.05, 0.1) is 5.92 Å². The summed E-state index contributed by atoms with van der Waals surface area (Å²) in [5, 5.41) is 11.1. The normalized spacial score (nSPS) is 22.9. The molecule has 34 heavy (non-hydrogen) atoms. The van der Waals surface area contributed by atoms with Gasteiger partial charge >= 0.3 is 11.9 Å². The van der Waals surface area contributed by atoms with Crippen molar-refractivity contribution in [2.24, 2.45) is 5.92 Å². The number of aliphatic hydroxyl groups is 1. The van der Waals surface area contributed by atoms with Gasteiger partial charge in [0, 0.05) is 4.90 Å². The fourth-order valence-electron chi connectivity index (χ4n) is 4.49. The average Bonchev–Trinajstić information content (AvgIpc) is 3.09. The minimum absolute atomic E-state index is 0.0723. The molecular weight excluding hydrogens is 448 g/mol. The van der Waals surface area contributed by atoms with Crippen molar-refractivity contribution in [3.05, 3.63) is 66.2 Å². The summed E-state index contributed by atoms with van der Waals surface area (Å²) in [5.41, 5.74) is 0.840. The number of aliphatic hydroxyl groups excluding tert-OH is 1. The van der Waals surface area contributed by atoms with Crippen LogP contribution < -0.4 is 0 Å². The van der Waals surface area contributed by atoms with Crippen LogP contribution in [0.2, 0.25) is 0 Å².